The van der Waals surface area contributed by atoms with E-state index in [2.05, 4.69) is 24.2 Å². The lowest BCUT2D eigenvalue weighted by molar-refractivity contribution is 0.307. The molecule has 0 bridgehead atoms. The van der Waals surface area contributed by atoms with E-state index in [0.29, 0.717) is 18.1 Å². The van der Waals surface area contributed by atoms with Crippen LogP contribution >= 0.6 is 0 Å². The average Bonchev–Trinajstić information content (AvgIpc) is 2.13. The summed E-state index contributed by atoms with van der Waals surface area (Å²) in [6, 6.07) is 1.42. The van der Waals surface area contributed by atoms with E-state index >= 15 is 0 Å². The SMILES string of the molecule is CC1COC(NC(C)C)=N1. The minimum Gasteiger partial charge on any atom is -0.463 e. The highest BCUT2D eigenvalue weighted by Gasteiger charge is 2.13. The van der Waals surface area contributed by atoms with Gasteiger partial charge in [-0.1, -0.05) is 0 Å². The molecule has 0 fully saturated rings. The van der Waals surface area contributed by atoms with Gasteiger partial charge in [0.25, 0.3) is 6.02 Å². The topological polar surface area (TPSA) is 33.6 Å². The van der Waals surface area contributed by atoms with Crippen molar-refractivity contribution in [1.29, 1.82) is 0 Å². The normalized spacial score (nSPS) is 24.4. The number of nitrogens with one attached hydrogen (secondary N) is 1. The van der Waals surface area contributed by atoms with Crippen molar-refractivity contribution < 1.29 is 4.74 Å². The lowest BCUT2D eigenvalue weighted by Crippen LogP contribution is -2.30. The summed E-state index contributed by atoms with van der Waals surface area (Å²) in [6.45, 7) is 6.88. The summed E-state index contributed by atoms with van der Waals surface area (Å²) in [5.74, 6) is 0. The predicted octanol–water partition coefficient (Wildman–Crippen LogP) is 0.759. The molecule has 0 saturated heterocycles. The second-order valence-electron chi connectivity index (χ2n) is 2.89. The summed E-state index contributed by atoms with van der Waals surface area (Å²) < 4.78 is 5.21. The second kappa shape index (κ2) is 2.90. The fourth-order valence-corrected chi connectivity index (χ4v) is 0.800. The molecule has 0 radical (unpaired) electrons. The molecule has 3 heteroatoms. The monoisotopic (exact) mass is 142 g/mol. The molecule has 1 rings (SSSR count). The fraction of sp³-hybridized carbons (Fsp3) is 0.857. The van der Waals surface area contributed by atoms with Crippen LogP contribution in [0.4, 0.5) is 0 Å². The lowest BCUT2D eigenvalue weighted by atomic mass is 10.4. The van der Waals surface area contributed by atoms with Gasteiger partial charge in [0.15, 0.2) is 0 Å². The molecule has 1 aliphatic heterocycles. The van der Waals surface area contributed by atoms with Gasteiger partial charge in [-0.05, 0) is 20.8 Å². The summed E-state index contributed by atoms with van der Waals surface area (Å²) in [7, 11) is 0. The Bertz CT molecular complexity index is 143. The highest BCUT2D eigenvalue weighted by Crippen LogP contribution is 2.01. The van der Waals surface area contributed by atoms with E-state index in [1.54, 1.807) is 0 Å². The zero-order valence-corrected chi connectivity index (χ0v) is 6.72. The molecule has 0 saturated carbocycles. The number of amidine groups is 1. The van der Waals surface area contributed by atoms with E-state index in [1.165, 1.54) is 0 Å². The molecule has 0 aliphatic carbocycles. The maximum absolute atomic E-state index is 5.21. The van der Waals surface area contributed by atoms with Gasteiger partial charge in [0.1, 0.15) is 6.61 Å². The van der Waals surface area contributed by atoms with Crippen molar-refractivity contribution in [2.24, 2.45) is 4.99 Å². The largest absolute Gasteiger partial charge is 0.463 e. The molecular formula is C7H14N2O. The van der Waals surface area contributed by atoms with E-state index in [1.807, 2.05) is 6.92 Å². The van der Waals surface area contributed by atoms with Crippen molar-refractivity contribution in [2.45, 2.75) is 32.9 Å². The van der Waals surface area contributed by atoms with E-state index in [0.717, 1.165) is 6.61 Å². The van der Waals surface area contributed by atoms with Gasteiger partial charge in [0, 0.05) is 6.04 Å². The van der Waals surface area contributed by atoms with Gasteiger partial charge in [-0.15, -0.1) is 0 Å². The standard InChI is InChI=1S/C7H14N2O/c1-5(2)8-7-9-6(3)4-10-7/h5-6H,4H2,1-3H3,(H,8,9). The fourth-order valence-electron chi connectivity index (χ4n) is 0.800. The minimum absolute atomic E-state index is 0.321. The number of hydrogen-bond donors (Lipinski definition) is 1. The second-order valence-corrected chi connectivity index (χ2v) is 2.89. The number of hydrogen-bond acceptors (Lipinski definition) is 3. The van der Waals surface area contributed by atoms with Gasteiger partial charge in [0.2, 0.25) is 0 Å². The third-order valence-corrected chi connectivity index (χ3v) is 1.21. The first kappa shape index (κ1) is 7.38. The molecule has 0 aromatic heterocycles. The van der Waals surface area contributed by atoms with Crippen molar-refractivity contribution in [1.82, 2.24) is 5.32 Å². The average molecular weight is 142 g/mol. The van der Waals surface area contributed by atoms with Crippen molar-refractivity contribution in [3.05, 3.63) is 0 Å². The highest BCUT2D eigenvalue weighted by molar-refractivity contribution is 5.75. The molecule has 1 heterocycles. The number of aliphatic imine (C=N–C) groups is 1. The molecule has 0 aromatic carbocycles. The van der Waals surface area contributed by atoms with Gasteiger partial charge in [-0.2, -0.15) is 0 Å². The zero-order chi connectivity index (χ0) is 7.56. The van der Waals surface area contributed by atoms with Crippen molar-refractivity contribution in [3.8, 4) is 0 Å². The molecular weight excluding hydrogens is 128 g/mol. The molecule has 0 spiro atoms. The van der Waals surface area contributed by atoms with Crippen molar-refractivity contribution >= 4 is 6.02 Å². The van der Waals surface area contributed by atoms with Crippen LogP contribution < -0.4 is 5.32 Å². The zero-order valence-electron chi connectivity index (χ0n) is 6.72. The van der Waals surface area contributed by atoms with Crippen LogP contribution in [0.25, 0.3) is 0 Å². The summed E-state index contributed by atoms with van der Waals surface area (Å²) in [4.78, 5) is 4.21. The Morgan fingerprint density at radius 1 is 1.70 bits per heavy atom. The molecule has 0 amide bonds. The van der Waals surface area contributed by atoms with Gasteiger partial charge in [-0.25, -0.2) is 4.99 Å². The lowest BCUT2D eigenvalue weighted by Gasteiger charge is -2.07. The summed E-state index contributed by atoms with van der Waals surface area (Å²) in [5.41, 5.74) is 0. The summed E-state index contributed by atoms with van der Waals surface area (Å²) in [5, 5.41) is 3.10. The van der Waals surface area contributed by atoms with Crippen LogP contribution in [-0.4, -0.2) is 24.7 Å². The van der Waals surface area contributed by atoms with Crippen molar-refractivity contribution in [2.75, 3.05) is 6.61 Å². The number of ether oxygens (including phenoxy) is 1. The van der Waals surface area contributed by atoms with Crippen LogP contribution in [0, 0.1) is 0 Å². The Morgan fingerprint density at radius 2 is 2.40 bits per heavy atom. The maximum Gasteiger partial charge on any atom is 0.285 e. The van der Waals surface area contributed by atoms with Crippen molar-refractivity contribution in [3.63, 3.8) is 0 Å². The highest BCUT2D eigenvalue weighted by atomic mass is 16.5. The Hall–Kier alpha value is -0.730. The Kier molecular flexibility index (Phi) is 2.14. The van der Waals surface area contributed by atoms with E-state index in [9.17, 15) is 0 Å². The van der Waals surface area contributed by atoms with Gasteiger partial charge >= 0.3 is 0 Å². The van der Waals surface area contributed by atoms with E-state index in [-0.39, 0.29) is 0 Å². The quantitative estimate of drug-likeness (QED) is 0.586. The maximum atomic E-state index is 5.21. The molecule has 1 unspecified atom stereocenters. The molecule has 10 heavy (non-hydrogen) atoms. The van der Waals surface area contributed by atoms with E-state index in [4.69, 9.17) is 4.74 Å². The first-order chi connectivity index (χ1) is 4.68. The first-order valence-corrected chi connectivity index (χ1v) is 3.65. The van der Waals surface area contributed by atoms with Crippen LogP contribution in [0.2, 0.25) is 0 Å². The molecule has 1 atom stereocenters. The van der Waals surface area contributed by atoms with Crippen LogP contribution in [0.3, 0.4) is 0 Å². The molecule has 58 valence electrons. The summed E-state index contributed by atoms with van der Waals surface area (Å²) in [6.07, 6.45) is 0. The van der Waals surface area contributed by atoms with Crippen LogP contribution in [0.15, 0.2) is 4.99 Å². The molecule has 1 aliphatic rings. The van der Waals surface area contributed by atoms with Gasteiger partial charge in [-0.3, -0.25) is 0 Å². The third-order valence-electron chi connectivity index (χ3n) is 1.21. The van der Waals surface area contributed by atoms with Crippen LogP contribution in [0.5, 0.6) is 0 Å². The third kappa shape index (κ3) is 1.90. The predicted molar refractivity (Wildman–Crippen MR) is 41.1 cm³/mol. The van der Waals surface area contributed by atoms with Gasteiger partial charge < -0.3 is 10.1 Å². The Balaban J connectivity index is 2.35. The molecule has 3 nitrogen and oxygen atoms in total. The Labute approximate surface area is 61.5 Å². The van der Waals surface area contributed by atoms with Crippen LogP contribution in [0.1, 0.15) is 20.8 Å². The number of nitrogens with zero attached hydrogens (tertiary/aromatic N) is 1. The van der Waals surface area contributed by atoms with Gasteiger partial charge in [0.05, 0.1) is 6.04 Å². The van der Waals surface area contributed by atoms with E-state index < -0.39 is 0 Å². The molecule has 1 N–H and O–H groups in total. The minimum atomic E-state index is 0.321. The smallest absolute Gasteiger partial charge is 0.285 e. The number of rotatable bonds is 1. The first-order valence-electron chi connectivity index (χ1n) is 3.65. The summed E-state index contributed by atoms with van der Waals surface area (Å²) >= 11 is 0. The van der Waals surface area contributed by atoms with Crippen LogP contribution in [-0.2, 0) is 4.74 Å². The molecule has 0 aromatic rings. The Morgan fingerprint density at radius 3 is 2.80 bits per heavy atom.